The monoisotopic (exact) mass is 267 g/mol. The van der Waals surface area contributed by atoms with Gasteiger partial charge in [-0.15, -0.1) is 0 Å². The Morgan fingerprint density at radius 3 is 2.20 bits per heavy atom. The van der Waals surface area contributed by atoms with Crippen molar-refractivity contribution in [2.75, 3.05) is 11.5 Å². The van der Waals surface area contributed by atoms with E-state index < -0.39 is 0 Å². The number of hydrogen-bond donors (Lipinski definition) is 0. The largest absolute Gasteiger partial charge is 0.366 e. The number of para-hydroxylation sites is 1. The normalized spacial score (nSPS) is 21.6. The molecule has 0 spiro atoms. The van der Waals surface area contributed by atoms with E-state index in [1.807, 2.05) is 72.5 Å². The number of β-lactam (4-membered cyclic amide) rings is 1. The van der Waals surface area contributed by atoms with E-state index >= 15 is 0 Å². The molecule has 0 aromatic heterocycles. The molecule has 2 aromatic carbocycles. The lowest BCUT2D eigenvalue weighted by atomic mass is 9.90. The van der Waals surface area contributed by atoms with E-state index in [-0.39, 0.29) is 18.1 Å². The third-order valence-corrected chi connectivity index (χ3v) is 3.57. The first kappa shape index (κ1) is 12.9. The van der Waals surface area contributed by atoms with E-state index in [0.717, 1.165) is 11.3 Å². The fourth-order valence-corrected chi connectivity index (χ4v) is 2.65. The molecule has 102 valence electrons. The van der Waals surface area contributed by atoms with Crippen molar-refractivity contribution in [2.24, 2.45) is 0 Å². The average molecular weight is 267 g/mol. The highest BCUT2D eigenvalue weighted by Gasteiger charge is 2.49. The summed E-state index contributed by atoms with van der Waals surface area (Å²) in [7, 11) is 0. The minimum Gasteiger partial charge on any atom is -0.366 e. The standard InChI is InChI=1S/C17H17NO2/c1-2-20-16-15(13-9-5-3-6-10-13)18(17(16)19)14-11-7-4-8-12-14/h3-12,15-16H,2H2,1H3/t15-,16-/m0/s1. The van der Waals surface area contributed by atoms with Crippen LogP contribution in [0, 0.1) is 0 Å². The van der Waals surface area contributed by atoms with Crippen LogP contribution >= 0.6 is 0 Å². The van der Waals surface area contributed by atoms with Crippen LogP contribution in [0.25, 0.3) is 0 Å². The summed E-state index contributed by atoms with van der Waals surface area (Å²) in [5.41, 5.74) is 2.02. The second-order valence-corrected chi connectivity index (χ2v) is 4.78. The summed E-state index contributed by atoms with van der Waals surface area (Å²) in [6, 6.07) is 19.7. The molecule has 2 atom stereocenters. The molecule has 2 aromatic rings. The van der Waals surface area contributed by atoms with E-state index in [9.17, 15) is 4.79 Å². The topological polar surface area (TPSA) is 29.5 Å². The molecule has 0 radical (unpaired) electrons. The third kappa shape index (κ3) is 2.10. The van der Waals surface area contributed by atoms with Gasteiger partial charge in [0.15, 0.2) is 6.10 Å². The van der Waals surface area contributed by atoms with E-state index in [0.29, 0.717) is 6.61 Å². The molecule has 1 heterocycles. The maximum absolute atomic E-state index is 12.3. The number of amides is 1. The molecule has 1 fully saturated rings. The Morgan fingerprint density at radius 1 is 1.00 bits per heavy atom. The van der Waals surface area contributed by atoms with Gasteiger partial charge >= 0.3 is 0 Å². The van der Waals surface area contributed by atoms with E-state index in [1.165, 1.54) is 0 Å². The molecule has 0 N–H and O–H groups in total. The average Bonchev–Trinajstić information content (AvgIpc) is 2.51. The zero-order chi connectivity index (χ0) is 13.9. The molecule has 3 heteroatoms. The summed E-state index contributed by atoms with van der Waals surface area (Å²) in [4.78, 5) is 14.2. The van der Waals surface area contributed by atoms with Crippen LogP contribution in [0.4, 0.5) is 5.69 Å². The lowest BCUT2D eigenvalue weighted by Gasteiger charge is -2.46. The molecular formula is C17H17NO2. The van der Waals surface area contributed by atoms with Crippen LogP contribution in [-0.2, 0) is 9.53 Å². The molecule has 1 saturated heterocycles. The van der Waals surface area contributed by atoms with Gasteiger partial charge in [0.05, 0.1) is 6.04 Å². The molecule has 20 heavy (non-hydrogen) atoms. The molecule has 0 bridgehead atoms. The summed E-state index contributed by atoms with van der Waals surface area (Å²) >= 11 is 0. The molecule has 3 rings (SSSR count). The van der Waals surface area contributed by atoms with Crippen LogP contribution in [0.15, 0.2) is 60.7 Å². The number of anilines is 1. The van der Waals surface area contributed by atoms with Gasteiger partial charge in [-0.25, -0.2) is 0 Å². The smallest absolute Gasteiger partial charge is 0.259 e. The van der Waals surface area contributed by atoms with E-state index in [2.05, 4.69) is 0 Å². The van der Waals surface area contributed by atoms with Gasteiger partial charge in [-0.3, -0.25) is 9.69 Å². The van der Waals surface area contributed by atoms with Gasteiger partial charge in [-0.05, 0) is 24.6 Å². The van der Waals surface area contributed by atoms with Crippen LogP contribution in [0.2, 0.25) is 0 Å². The number of nitrogens with zero attached hydrogens (tertiary/aromatic N) is 1. The van der Waals surface area contributed by atoms with Crippen LogP contribution in [0.3, 0.4) is 0 Å². The number of carbonyl (C=O) groups is 1. The molecule has 1 aliphatic rings. The highest BCUT2D eigenvalue weighted by molar-refractivity contribution is 6.05. The lowest BCUT2D eigenvalue weighted by Crippen LogP contribution is -2.60. The van der Waals surface area contributed by atoms with Crippen molar-refractivity contribution in [1.29, 1.82) is 0 Å². The molecule has 0 saturated carbocycles. The van der Waals surface area contributed by atoms with Crippen LogP contribution in [0.1, 0.15) is 18.5 Å². The highest BCUT2D eigenvalue weighted by atomic mass is 16.5. The summed E-state index contributed by atoms with van der Waals surface area (Å²) < 4.78 is 5.62. The summed E-state index contributed by atoms with van der Waals surface area (Å²) in [5, 5.41) is 0. The van der Waals surface area contributed by atoms with Crippen molar-refractivity contribution in [2.45, 2.75) is 19.1 Å². The van der Waals surface area contributed by atoms with Crippen molar-refractivity contribution in [3.63, 3.8) is 0 Å². The Labute approximate surface area is 118 Å². The van der Waals surface area contributed by atoms with E-state index in [1.54, 1.807) is 0 Å². The predicted octanol–water partition coefficient (Wildman–Crippen LogP) is 3.18. The van der Waals surface area contributed by atoms with Gasteiger partial charge in [0.25, 0.3) is 5.91 Å². The lowest BCUT2D eigenvalue weighted by molar-refractivity contribution is -0.142. The Hall–Kier alpha value is -2.13. The maximum Gasteiger partial charge on any atom is 0.259 e. The van der Waals surface area contributed by atoms with Crippen molar-refractivity contribution < 1.29 is 9.53 Å². The number of ether oxygens (including phenoxy) is 1. The Morgan fingerprint density at radius 2 is 1.60 bits per heavy atom. The van der Waals surface area contributed by atoms with Gasteiger partial charge < -0.3 is 4.74 Å². The maximum atomic E-state index is 12.3. The second-order valence-electron chi connectivity index (χ2n) is 4.78. The number of rotatable bonds is 4. The molecule has 1 aliphatic heterocycles. The number of hydrogen-bond acceptors (Lipinski definition) is 2. The minimum atomic E-state index is -0.373. The van der Waals surface area contributed by atoms with E-state index in [4.69, 9.17) is 4.74 Å². The molecule has 3 nitrogen and oxygen atoms in total. The zero-order valence-corrected chi connectivity index (χ0v) is 11.4. The van der Waals surface area contributed by atoms with Gasteiger partial charge in [0.1, 0.15) is 0 Å². The quantitative estimate of drug-likeness (QED) is 0.796. The Balaban J connectivity index is 1.95. The van der Waals surface area contributed by atoms with Gasteiger partial charge in [0, 0.05) is 12.3 Å². The molecule has 1 amide bonds. The van der Waals surface area contributed by atoms with Gasteiger partial charge in [-0.1, -0.05) is 48.5 Å². The van der Waals surface area contributed by atoms with Crippen LogP contribution < -0.4 is 4.90 Å². The SMILES string of the molecule is CCO[C@@H]1C(=O)N(c2ccccc2)[C@H]1c1ccccc1. The number of benzene rings is 2. The molecule has 0 aliphatic carbocycles. The van der Waals surface area contributed by atoms with Crippen molar-refractivity contribution in [1.82, 2.24) is 0 Å². The zero-order valence-electron chi connectivity index (χ0n) is 11.4. The fourth-order valence-electron chi connectivity index (χ4n) is 2.65. The Kier molecular flexibility index (Phi) is 3.52. The minimum absolute atomic E-state index is 0.0342. The van der Waals surface area contributed by atoms with Crippen LogP contribution in [-0.4, -0.2) is 18.6 Å². The first-order valence-corrected chi connectivity index (χ1v) is 6.87. The molecule has 0 unspecified atom stereocenters. The van der Waals surface area contributed by atoms with Crippen molar-refractivity contribution in [3.8, 4) is 0 Å². The van der Waals surface area contributed by atoms with Crippen LogP contribution in [0.5, 0.6) is 0 Å². The van der Waals surface area contributed by atoms with Crippen molar-refractivity contribution >= 4 is 11.6 Å². The van der Waals surface area contributed by atoms with Gasteiger partial charge in [-0.2, -0.15) is 0 Å². The first-order valence-electron chi connectivity index (χ1n) is 6.87. The predicted molar refractivity (Wildman–Crippen MR) is 78.5 cm³/mol. The molecular weight excluding hydrogens is 250 g/mol. The summed E-state index contributed by atoms with van der Waals surface area (Å²) in [6.45, 7) is 2.46. The second kappa shape index (κ2) is 5.47. The van der Waals surface area contributed by atoms with Gasteiger partial charge in [0.2, 0.25) is 0 Å². The summed E-state index contributed by atoms with van der Waals surface area (Å²) in [5.74, 6) is 0.0342. The highest BCUT2D eigenvalue weighted by Crippen LogP contribution is 2.40. The third-order valence-electron chi connectivity index (χ3n) is 3.57. The Bertz CT molecular complexity index is 582. The fraction of sp³-hybridized carbons (Fsp3) is 0.235. The number of carbonyl (C=O) groups excluding carboxylic acids is 1. The first-order chi connectivity index (χ1) is 9.83. The van der Waals surface area contributed by atoms with Crippen molar-refractivity contribution in [3.05, 3.63) is 66.2 Å². The summed E-state index contributed by atoms with van der Waals surface area (Å²) in [6.07, 6.45) is -0.373.